The van der Waals surface area contributed by atoms with Gasteiger partial charge in [0.15, 0.2) is 0 Å². The molecule has 1 saturated heterocycles. The molecule has 1 aromatic heterocycles. The molecule has 12 heteroatoms. The first-order valence-corrected chi connectivity index (χ1v) is 9.07. The van der Waals surface area contributed by atoms with Gasteiger partial charge in [0.2, 0.25) is 0 Å². The Morgan fingerprint density at radius 2 is 1.62 bits per heavy atom. The van der Waals surface area contributed by atoms with Crippen molar-refractivity contribution >= 4 is 15.9 Å². The largest absolute Gasteiger partial charge is 0.523 e. The van der Waals surface area contributed by atoms with Gasteiger partial charge in [-0.25, -0.2) is 4.98 Å². The number of halogens is 6. The van der Waals surface area contributed by atoms with Crippen LogP contribution in [0, 0.1) is 11.8 Å². The van der Waals surface area contributed by atoms with E-state index in [0.29, 0.717) is 19.0 Å². The molecule has 26 heavy (non-hydrogen) atoms. The van der Waals surface area contributed by atoms with Crippen molar-refractivity contribution in [1.29, 1.82) is 0 Å². The summed E-state index contributed by atoms with van der Waals surface area (Å²) in [5.41, 5.74) is -6.39. The molecular formula is C14H14F6N2O3S. The lowest BCUT2D eigenvalue weighted by Crippen LogP contribution is -2.48. The number of pyridine rings is 1. The van der Waals surface area contributed by atoms with E-state index in [4.69, 9.17) is 0 Å². The Morgan fingerprint density at radius 1 is 1.04 bits per heavy atom. The van der Waals surface area contributed by atoms with Crippen molar-refractivity contribution in [2.45, 2.75) is 30.6 Å². The molecule has 2 heterocycles. The Bertz CT molecular complexity index is 748. The Kier molecular flexibility index (Phi) is 4.62. The predicted molar refractivity (Wildman–Crippen MR) is 77.5 cm³/mol. The lowest BCUT2D eigenvalue weighted by Gasteiger charge is -2.38. The van der Waals surface area contributed by atoms with Crippen molar-refractivity contribution < 1.29 is 38.9 Å². The monoisotopic (exact) mass is 404 g/mol. The van der Waals surface area contributed by atoms with Gasteiger partial charge >= 0.3 is 21.8 Å². The summed E-state index contributed by atoms with van der Waals surface area (Å²) in [6.07, 6.45) is -3.97. The topological polar surface area (TPSA) is 59.5 Å². The SMILES string of the molecule is O=S(=O)(O[C@H]1[C@@H]2CC[C@H]1CN(c1ccc(C(F)(F)F)cn1)C2)C(F)(F)F. The summed E-state index contributed by atoms with van der Waals surface area (Å²) in [6, 6.07) is 2.07. The highest BCUT2D eigenvalue weighted by molar-refractivity contribution is 7.87. The zero-order valence-electron chi connectivity index (χ0n) is 13.1. The van der Waals surface area contributed by atoms with E-state index in [1.54, 1.807) is 4.90 Å². The van der Waals surface area contributed by atoms with E-state index < -0.39 is 45.3 Å². The zero-order chi connectivity index (χ0) is 19.3. The van der Waals surface area contributed by atoms with Gasteiger partial charge in [0, 0.05) is 31.1 Å². The fraction of sp³-hybridized carbons (Fsp3) is 0.643. The molecule has 0 spiro atoms. The molecule has 3 rings (SSSR count). The van der Waals surface area contributed by atoms with Crippen molar-refractivity contribution in [2.24, 2.45) is 11.8 Å². The van der Waals surface area contributed by atoms with Crippen LogP contribution in [-0.2, 0) is 20.5 Å². The van der Waals surface area contributed by atoms with Crippen LogP contribution in [-0.4, -0.2) is 38.1 Å². The van der Waals surface area contributed by atoms with Gasteiger partial charge in [0.05, 0.1) is 11.7 Å². The molecule has 2 fully saturated rings. The summed E-state index contributed by atoms with van der Waals surface area (Å²) in [4.78, 5) is 5.41. The number of hydrogen-bond donors (Lipinski definition) is 0. The van der Waals surface area contributed by atoms with Crippen LogP contribution in [0.2, 0.25) is 0 Å². The number of anilines is 1. The fourth-order valence-corrected chi connectivity index (χ4v) is 4.17. The van der Waals surface area contributed by atoms with E-state index in [0.717, 1.165) is 6.07 Å². The van der Waals surface area contributed by atoms with Crippen LogP contribution in [0.25, 0.3) is 0 Å². The maximum absolute atomic E-state index is 12.6. The van der Waals surface area contributed by atoms with Gasteiger partial charge in [-0.15, -0.1) is 0 Å². The smallest absolute Gasteiger partial charge is 0.356 e. The van der Waals surface area contributed by atoms with Crippen molar-refractivity contribution in [1.82, 2.24) is 4.98 Å². The van der Waals surface area contributed by atoms with Crippen LogP contribution < -0.4 is 4.90 Å². The molecule has 1 aliphatic heterocycles. The third-order valence-electron chi connectivity index (χ3n) is 4.67. The number of fused-ring (bicyclic) bond motifs is 2. The summed E-state index contributed by atoms with van der Waals surface area (Å²) in [5.74, 6) is -0.697. The van der Waals surface area contributed by atoms with E-state index in [1.807, 2.05) is 0 Å². The minimum absolute atomic E-state index is 0.160. The molecule has 0 amide bonds. The van der Waals surface area contributed by atoms with Crippen molar-refractivity contribution in [2.75, 3.05) is 18.0 Å². The molecule has 0 radical (unpaired) electrons. The van der Waals surface area contributed by atoms with E-state index in [1.165, 1.54) is 6.07 Å². The van der Waals surface area contributed by atoms with E-state index >= 15 is 0 Å². The fourth-order valence-electron chi connectivity index (χ4n) is 3.46. The van der Waals surface area contributed by atoms with Gasteiger partial charge in [0.25, 0.3) is 0 Å². The van der Waals surface area contributed by atoms with Gasteiger partial charge in [-0.05, 0) is 25.0 Å². The molecule has 5 nitrogen and oxygen atoms in total. The second-order valence-corrected chi connectivity index (χ2v) is 7.93. The van der Waals surface area contributed by atoms with Crippen LogP contribution >= 0.6 is 0 Å². The summed E-state index contributed by atoms with van der Waals surface area (Å²) >= 11 is 0. The summed E-state index contributed by atoms with van der Waals surface area (Å²) in [6.45, 7) is 0.319. The Hall–Kier alpha value is -1.56. The zero-order valence-corrected chi connectivity index (χ0v) is 13.9. The standard InChI is InChI=1S/C14H14F6N2O3S/c15-13(16,17)10-3-4-11(21-5-10)22-6-8-1-2-9(7-22)12(8)25-26(23,24)14(18,19)20/h3-5,8-9,12H,1-2,6-7H2/t8-,9+,12+. The first-order chi connectivity index (χ1) is 11.9. The molecule has 0 N–H and O–H groups in total. The Labute approximate surface area is 145 Å². The van der Waals surface area contributed by atoms with Crippen molar-refractivity contribution in [3.05, 3.63) is 23.9 Å². The van der Waals surface area contributed by atoms with Crippen LogP contribution in [0.3, 0.4) is 0 Å². The number of hydrogen-bond acceptors (Lipinski definition) is 5. The second kappa shape index (κ2) is 6.25. The maximum atomic E-state index is 12.6. The van der Waals surface area contributed by atoms with Crippen LogP contribution in [0.15, 0.2) is 18.3 Å². The molecule has 2 aliphatic rings. The second-order valence-electron chi connectivity index (χ2n) is 6.37. The number of rotatable bonds is 3. The molecule has 0 aromatic carbocycles. The van der Waals surface area contributed by atoms with Crippen LogP contribution in [0.4, 0.5) is 32.2 Å². The van der Waals surface area contributed by atoms with Crippen molar-refractivity contribution in [3.8, 4) is 0 Å². The quantitative estimate of drug-likeness (QED) is 0.440. The van der Waals surface area contributed by atoms with Gasteiger partial charge in [-0.1, -0.05) is 0 Å². The van der Waals surface area contributed by atoms with Crippen molar-refractivity contribution in [3.63, 3.8) is 0 Å². The number of nitrogens with zero attached hydrogens (tertiary/aromatic N) is 2. The molecule has 1 aromatic rings. The molecule has 1 aliphatic carbocycles. The van der Waals surface area contributed by atoms with E-state index in [9.17, 15) is 34.8 Å². The molecule has 146 valence electrons. The summed E-state index contributed by atoms with van der Waals surface area (Å²) in [7, 11) is -5.69. The minimum Gasteiger partial charge on any atom is -0.356 e. The third-order valence-corrected chi connectivity index (χ3v) is 5.71. The molecule has 2 bridgehead atoms. The lowest BCUT2D eigenvalue weighted by atomic mass is 9.95. The van der Waals surface area contributed by atoms with E-state index in [2.05, 4.69) is 9.17 Å². The number of alkyl halides is 6. The first kappa shape index (κ1) is 19.2. The van der Waals surface area contributed by atoms with Gasteiger partial charge < -0.3 is 4.90 Å². The van der Waals surface area contributed by atoms with Crippen LogP contribution in [0.5, 0.6) is 0 Å². The average Bonchev–Trinajstić information content (AvgIpc) is 2.75. The third kappa shape index (κ3) is 3.61. The molecular weight excluding hydrogens is 390 g/mol. The van der Waals surface area contributed by atoms with Gasteiger partial charge in [-0.3, -0.25) is 4.18 Å². The predicted octanol–water partition coefficient (Wildman–Crippen LogP) is 3.18. The average molecular weight is 404 g/mol. The van der Waals surface area contributed by atoms with Crippen LogP contribution in [0.1, 0.15) is 18.4 Å². The molecule has 0 unspecified atom stereocenters. The Balaban J connectivity index is 1.72. The minimum atomic E-state index is -5.69. The highest BCUT2D eigenvalue weighted by Gasteiger charge is 2.53. The van der Waals surface area contributed by atoms with Gasteiger partial charge in [0.1, 0.15) is 5.82 Å². The van der Waals surface area contributed by atoms with E-state index in [-0.39, 0.29) is 18.9 Å². The lowest BCUT2D eigenvalue weighted by molar-refractivity contribution is -0.137. The molecule has 1 saturated carbocycles. The maximum Gasteiger partial charge on any atom is 0.523 e. The summed E-state index contributed by atoms with van der Waals surface area (Å²) in [5, 5.41) is 0. The first-order valence-electron chi connectivity index (χ1n) is 7.66. The van der Waals surface area contributed by atoms with Gasteiger partial charge in [-0.2, -0.15) is 34.8 Å². The highest BCUT2D eigenvalue weighted by Crippen LogP contribution is 2.42. The normalized spacial score (nSPS) is 27.0. The molecule has 3 atom stereocenters. The highest BCUT2D eigenvalue weighted by atomic mass is 32.2. The Morgan fingerprint density at radius 3 is 2.04 bits per heavy atom. The summed E-state index contributed by atoms with van der Waals surface area (Å²) < 4.78 is 102. The number of aromatic nitrogens is 1. The number of piperidine rings is 1.